The fourth-order valence-electron chi connectivity index (χ4n) is 3.25. The van der Waals surface area contributed by atoms with E-state index in [1.807, 2.05) is 0 Å². The standard InChI is InChI=1S/C15H31N/c1-5-8-14(16-11-6-2)13-9-7-10-15(3,4)12-13/h13-14,16H,5-12H2,1-4H3. The molecule has 16 heavy (non-hydrogen) atoms. The van der Waals surface area contributed by atoms with Gasteiger partial charge in [-0.25, -0.2) is 0 Å². The predicted molar refractivity (Wildman–Crippen MR) is 72.7 cm³/mol. The zero-order chi connectivity index (χ0) is 12.0. The van der Waals surface area contributed by atoms with Crippen LogP contribution in [0.1, 0.15) is 72.6 Å². The maximum atomic E-state index is 3.78. The molecule has 0 amide bonds. The Bertz CT molecular complexity index is 186. The van der Waals surface area contributed by atoms with E-state index in [-0.39, 0.29) is 0 Å². The largest absolute Gasteiger partial charge is 0.314 e. The minimum Gasteiger partial charge on any atom is -0.314 e. The molecule has 2 atom stereocenters. The van der Waals surface area contributed by atoms with Crippen molar-refractivity contribution in [3.8, 4) is 0 Å². The molecule has 0 radical (unpaired) electrons. The number of rotatable bonds is 6. The van der Waals surface area contributed by atoms with Crippen LogP contribution in [0.2, 0.25) is 0 Å². The van der Waals surface area contributed by atoms with Gasteiger partial charge < -0.3 is 5.32 Å². The van der Waals surface area contributed by atoms with Crippen molar-refractivity contribution in [3.05, 3.63) is 0 Å². The van der Waals surface area contributed by atoms with Gasteiger partial charge >= 0.3 is 0 Å². The van der Waals surface area contributed by atoms with Crippen LogP contribution in [0.5, 0.6) is 0 Å². The minimum absolute atomic E-state index is 0.586. The van der Waals surface area contributed by atoms with Crippen molar-refractivity contribution < 1.29 is 0 Å². The SMILES string of the molecule is CCCNC(CCC)C1CCCC(C)(C)C1. The van der Waals surface area contributed by atoms with Gasteiger partial charge in [0.25, 0.3) is 0 Å². The van der Waals surface area contributed by atoms with E-state index < -0.39 is 0 Å². The molecule has 1 heteroatoms. The molecular formula is C15H31N. The molecule has 0 aromatic rings. The van der Waals surface area contributed by atoms with Crippen LogP contribution in [-0.4, -0.2) is 12.6 Å². The molecule has 96 valence electrons. The minimum atomic E-state index is 0.586. The van der Waals surface area contributed by atoms with Gasteiger partial charge in [-0.3, -0.25) is 0 Å². The molecule has 2 unspecified atom stereocenters. The van der Waals surface area contributed by atoms with E-state index in [1.54, 1.807) is 0 Å². The van der Waals surface area contributed by atoms with Crippen LogP contribution in [-0.2, 0) is 0 Å². The van der Waals surface area contributed by atoms with E-state index in [9.17, 15) is 0 Å². The first-order chi connectivity index (χ1) is 7.59. The van der Waals surface area contributed by atoms with E-state index in [2.05, 4.69) is 33.0 Å². The van der Waals surface area contributed by atoms with Gasteiger partial charge in [0, 0.05) is 6.04 Å². The molecule has 0 saturated heterocycles. The van der Waals surface area contributed by atoms with Crippen LogP contribution in [0, 0.1) is 11.3 Å². The molecule has 1 nitrogen and oxygen atoms in total. The summed E-state index contributed by atoms with van der Waals surface area (Å²) in [4.78, 5) is 0. The second-order valence-electron chi connectivity index (χ2n) is 6.37. The third-order valence-corrected chi connectivity index (χ3v) is 4.07. The molecule has 0 aromatic carbocycles. The van der Waals surface area contributed by atoms with E-state index >= 15 is 0 Å². The highest BCUT2D eigenvalue weighted by Crippen LogP contribution is 2.40. The van der Waals surface area contributed by atoms with E-state index in [1.165, 1.54) is 51.5 Å². The highest BCUT2D eigenvalue weighted by molar-refractivity contribution is 4.86. The normalized spacial score (nSPS) is 26.6. The summed E-state index contributed by atoms with van der Waals surface area (Å²) in [7, 11) is 0. The summed E-state index contributed by atoms with van der Waals surface area (Å²) in [6, 6.07) is 0.782. The lowest BCUT2D eigenvalue weighted by Crippen LogP contribution is -2.40. The Morgan fingerprint density at radius 2 is 2.00 bits per heavy atom. The Morgan fingerprint density at radius 1 is 1.25 bits per heavy atom. The lowest BCUT2D eigenvalue weighted by molar-refractivity contribution is 0.143. The number of nitrogens with one attached hydrogen (secondary N) is 1. The van der Waals surface area contributed by atoms with Crippen LogP contribution >= 0.6 is 0 Å². The molecule has 0 bridgehead atoms. The first-order valence-electron chi connectivity index (χ1n) is 7.32. The van der Waals surface area contributed by atoms with E-state index in [4.69, 9.17) is 0 Å². The molecular weight excluding hydrogens is 194 g/mol. The lowest BCUT2D eigenvalue weighted by Gasteiger charge is -2.39. The molecule has 1 saturated carbocycles. The van der Waals surface area contributed by atoms with Crippen molar-refractivity contribution in [2.45, 2.75) is 78.7 Å². The fourth-order valence-corrected chi connectivity index (χ4v) is 3.25. The first kappa shape index (κ1) is 14.0. The van der Waals surface area contributed by atoms with Crippen molar-refractivity contribution >= 4 is 0 Å². The van der Waals surface area contributed by atoms with Crippen molar-refractivity contribution in [1.82, 2.24) is 5.32 Å². The highest BCUT2D eigenvalue weighted by Gasteiger charge is 2.31. The van der Waals surface area contributed by atoms with Crippen LogP contribution in [0.4, 0.5) is 0 Å². The average Bonchev–Trinajstić information content (AvgIpc) is 2.22. The van der Waals surface area contributed by atoms with Gasteiger partial charge in [-0.1, -0.05) is 40.5 Å². The van der Waals surface area contributed by atoms with Gasteiger partial charge in [0.1, 0.15) is 0 Å². The number of hydrogen-bond donors (Lipinski definition) is 1. The monoisotopic (exact) mass is 225 g/mol. The smallest absolute Gasteiger partial charge is 0.00954 e. The summed E-state index contributed by atoms with van der Waals surface area (Å²) in [6.45, 7) is 10.7. The molecule has 0 aliphatic heterocycles. The van der Waals surface area contributed by atoms with Crippen molar-refractivity contribution in [1.29, 1.82) is 0 Å². The van der Waals surface area contributed by atoms with Crippen LogP contribution in [0.15, 0.2) is 0 Å². The third-order valence-electron chi connectivity index (χ3n) is 4.07. The molecule has 1 rings (SSSR count). The van der Waals surface area contributed by atoms with Crippen molar-refractivity contribution in [2.24, 2.45) is 11.3 Å². The van der Waals surface area contributed by atoms with E-state index in [0.29, 0.717) is 5.41 Å². The second-order valence-corrected chi connectivity index (χ2v) is 6.37. The topological polar surface area (TPSA) is 12.0 Å². The van der Waals surface area contributed by atoms with E-state index in [0.717, 1.165) is 12.0 Å². The van der Waals surface area contributed by atoms with Gasteiger partial charge in [0.05, 0.1) is 0 Å². The van der Waals surface area contributed by atoms with Crippen LogP contribution < -0.4 is 5.32 Å². The second kappa shape index (κ2) is 6.64. The lowest BCUT2D eigenvalue weighted by atomic mass is 9.69. The zero-order valence-electron chi connectivity index (χ0n) is 11.8. The van der Waals surface area contributed by atoms with Gasteiger partial charge in [-0.05, 0) is 50.0 Å². The quantitative estimate of drug-likeness (QED) is 0.708. The highest BCUT2D eigenvalue weighted by atomic mass is 14.9. The van der Waals surface area contributed by atoms with Gasteiger partial charge in [-0.15, -0.1) is 0 Å². The Morgan fingerprint density at radius 3 is 2.56 bits per heavy atom. The van der Waals surface area contributed by atoms with Gasteiger partial charge in [0.2, 0.25) is 0 Å². The summed E-state index contributed by atoms with van der Waals surface area (Å²) in [5.41, 5.74) is 0.586. The zero-order valence-corrected chi connectivity index (χ0v) is 11.8. The van der Waals surface area contributed by atoms with Gasteiger partial charge in [-0.2, -0.15) is 0 Å². The summed E-state index contributed by atoms with van der Waals surface area (Å²) < 4.78 is 0. The maximum absolute atomic E-state index is 3.78. The van der Waals surface area contributed by atoms with Crippen LogP contribution in [0.3, 0.4) is 0 Å². The Labute approximate surface area is 102 Å². The summed E-state index contributed by atoms with van der Waals surface area (Å²) >= 11 is 0. The maximum Gasteiger partial charge on any atom is 0.00954 e. The summed E-state index contributed by atoms with van der Waals surface area (Å²) in [6.07, 6.45) is 9.68. The number of hydrogen-bond acceptors (Lipinski definition) is 1. The Hall–Kier alpha value is -0.0400. The summed E-state index contributed by atoms with van der Waals surface area (Å²) in [5.74, 6) is 0.926. The predicted octanol–water partition coefficient (Wildman–Crippen LogP) is 4.37. The molecule has 0 heterocycles. The Balaban J connectivity index is 2.48. The Kier molecular flexibility index (Phi) is 5.82. The average molecular weight is 225 g/mol. The third kappa shape index (κ3) is 4.45. The molecule has 0 spiro atoms. The first-order valence-corrected chi connectivity index (χ1v) is 7.32. The summed E-state index contributed by atoms with van der Waals surface area (Å²) in [5, 5.41) is 3.78. The molecule has 0 aromatic heterocycles. The van der Waals surface area contributed by atoms with Crippen molar-refractivity contribution in [2.75, 3.05) is 6.54 Å². The van der Waals surface area contributed by atoms with Gasteiger partial charge in [0.15, 0.2) is 0 Å². The molecule has 1 aliphatic carbocycles. The molecule has 1 N–H and O–H groups in total. The molecule has 1 aliphatic rings. The molecule has 1 fully saturated rings. The van der Waals surface area contributed by atoms with Crippen molar-refractivity contribution in [3.63, 3.8) is 0 Å². The fraction of sp³-hybridized carbons (Fsp3) is 1.00. The van der Waals surface area contributed by atoms with Crippen LogP contribution in [0.25, 0.3) is 0 Å².